The van der Waals surface area contributed by atoms with E-state index in [1.807, 2.05) is 47.0 Å². The van der Waals surface area contributed by atoms with Crippen molar-refractivity contribution in [3.63, 3.8) is 0 Å². The highest BCUT2D eigenvalue weighted by molar-refractivity contribution is 6.36. The van der Waals surface area contributed by atoms with Crippen molar-refractivity contribution in [2.24, 2.45) is 0 Å². The average Bonchev–Trinajstić information content (AvgIpc) is 2.81. The summed E-state index contributed by atoms with van der Waals surface area (Å²) in [7, 11) is 0. The Hall–Kier alpha value is -2.02. The van der Waals surface area contributed by atoms with E-state index in [0.29, 0.717) is 16.6 Å². The first kappa shape index (κ1) is 13.9. The molecule has 1 aromatic heterocycles. The number of para-hydroxylation sites is 2. The molecule has 5 heteroatoms. The first-order valence-electron chi connectivity index (χ1n) is 6.44. The van der Waals surface area contributed by atoms with Gasteiger partial charge in [-0.3, -0.25) is 0 Å². The molecule has 3 nitrogen and oxygen atoms in total. The molecule has 1 heterocycles. The molecule has 0 radical (unpaired) electrons. The Morgan fingerprint density at radius 2 is 1.76 bits per heavy atom. The molecule has 0 saturated carbocycles. The number of hydrogen-bond acceptors (Lipinski definition) is 2. The summed E-state index contributed by atoms with van der Waals surface area (Å²) in [5, 5.41) is 10.2. The van der Waals surface area contributed by atoms with Gasteiger partial charge in [0.15, 0.2) is 0 Å². The van der Waals surface area contributed by atoms with Crippen LogP contribution < -0.4 is 0 Å². The van der Waals surface area contributed by atoms with E-state index >= 15 is 0 Å². The van der Waals surface area contributed by atoms with Gasteiger partial charge in [0.05, 0.1) is 30.1 Å². The minimum absolute atomic E-state index is 0.247. The van der Waals surface area contributed by atoms with Crippen LogP contribution in [-0.2, 0) is 13.0 Å². The maximum absolute atomic E-state index is 8.99. The number of rotatable bonds is 3. The van der Waals surface area contributed by atoms with Crippen LogP contribution in [0, 0.1) is 11.3 Å². The second kappa shape index (κ2) is 5.77. The van der Waals surface area contributed by atoms with E-state index in [1.54, 1.807) is 0 Å². The quantitative estimate of drug-likeness (QED) is 0.716. The van der Waals surface area contributed by atoms with Gasteiger partial charge in [-0.25, -0.2) is 4.98 Å². The Morgan fingerprint density at radius 1 is 1.05 bits per heavy atom. The van der Waals surface area contributed by atoms with E-state index in [2.05, 4.69) is 11.1 Å². The summed E-state index contributed by atoms with van der Waals surface area (Å²) in [6, 6.07) is 15.4. The molecule has 3 aromatic rings. The lowest BCUT2D eigenvalue weighted by molar-refractivity contribution is 0.770. The molecule has 0 aliphatic heterocycles. The van der Waals surface area contributed by atoms with E-state index in [4.69, 9.17) is 28.5 Å². The van der Waals surface area contributed by atoms with Crippen LogP contribution >= 0.6 is 23.2 Å². The first-order valence-corrected chi connectivity index (χ1v) is 7.20. The molecule has 0 fully saturated rings. The summed E-state index contributed by atoms with van der Waals surface area (Å²) in [5.41, 5.74) is 2.67. The number of halogens is 2. The van der Waals surface area contributed by atoms with Crippen LogP contribution in [0.5, 0.6) is 0 Å². The number of benzene rings is 2. The van der Waals surface area contributed by atoms with Crippen LogP contribution in [0.25, 0.3) is 11.0 Å². The number of hydrogen-bond donors (Lipinski definition) is 0. The predicted octanol–water partition coefficient (Wildman–Crippen LogP) is 4.46. The molecule has 0 aliphatic carbocycles. The van der Waals surface area contributed by atoms with Crippen LogP contribution in [-0.4, -0.2) is 9.55 Å². The topological polar surface area (TPSA) is 41.6 Å². The van der Waals surface area contributed by atoms with Gasteiger partial charge < -0.3 is 4.57 Å². The third-order valence-corrected chi connectivity index (χ3v) is 4.06. The largest absolute Gasteiger partial charge is 0.322 e. The lowest BCUT2D eigenvalue weighted by atomic mass is 10.2. The molecule has 0 spiro atoms. The highest BCUT2D eigenvalue weighted by atomic mass is 35.5. The molecule has 0 N–H and O–H groups in total. The van der Waals surface area contributed by atoms with E-state index in [1.165, 1.54) is 0 Å². The normalized spacial score (nSPS) is 10.7. The summed E-state index contributed by atoms with van der Waals surface area (Å²) >= 11 is 12.5. The minimum Gasteiger partial charge on any atom is -0.322 e. The van der Waals surface area contributed by atoms with Gasteiger partial charge in [-0.05, 0) is 24.3 Å². The highest BCUT2D eigenvalue weighted by Gasteiger charge is 2.13. The minimum atomic E-state index is 0.247. The van der Waals surface area contributed by atoms with Gasteiger partial charge in [0, 0.05) is 15.6 Å². The molecule has 0 saturated heterocycles. The van der Waals surface area contributed by atoms with E-state index in [0.717, 1.165) is 22.4 Å². The Morgan fingerprint density at radius 3 is 2.48 bits per heavy atom. The first-order chi connectivity index (χ1) is 10.2. The van der Waals surface area contributed by atoms with Gasteiger partial charge in [-0.1, -0.05) is 41.4 Å². The smallest absolute Gasteiger partial charge is 0.124 e. The van der Waals surface area contributed by atoms with Crippen LogP contribution in [0.4, 0.5) is 0 Å². The van der Waals surface area contributed by atoms with Crippen molar-refractivity contribution in [1.82, 2.24) is 9.55 Å². The summed E-state index contributed by atoms with van der Waals surface area (Å²) in [5.74, 6) is 0.717. The van der Waals surface area contributed by atoms with Gasteiger partial charge in [-0.15, -0.1) is 0 Å². The molecule has 104 valence electrons. The third-order valence-electron chi connectivity index (χ3n) is 3.35. The van der Waals surface area contributed by atoms with Crippen molar-refractivity contribution in [2.75, 3.05) is 0 Å². The van der Waals surface area contributed by atoms with Gasteiger partial charge in [0.2, 0.25) is 0 Å². The summed E-state index contributed by atoms with van der Waals surface area (Å²) in [6.07, 6.45) is 0.247. The monoisotopic (exact) mass is 315 g/mol. The Balaban J connectivity index is 2.15. The molecule has 0 aliphatic rings. The van der Waals surface area contributed by atoms with E-state index in [-0.39, 0.29) is 6.42 Å². The average molecular weight is 316 g/mol. The number of fused-ring (bicyclic) bond motifs is 1. The number of imidazole rings is 1. The van der Waals surface area contributed by atoms with E-state index in [9.17, 15) is 0 Å². The maximum atomic E-state index is 8.99. The van der Waals surface area contributed by atoms with Gasteiger partial charge in [0.25, 0.3) is 0 Å². The summed E-state index contributed by atoms with van der Waals surface area (Å²) < 4.78 is 1.99. The second-order valence-electron chi connectivity index (χ2n) is 4.64. The fraction of sp³-hybridized carbons (Fsp3) is 0.125. The van der Waals surface area contributed by atoms with Crippen molar-refractivity contribution >= 4 is 34.2 Å². The molecule has 0 amide bonds. The third kappa shape index (κ3) is 2.61. The Labute approximate surface area is 132 Å². The van der Waals surface area contributed by atoms with E-state index < -0.39 is 0 Å². The SMILES string of the molecule is N#CCc1nc2ccccc2n1Cc1c(Cl)cccc1Cl. The molecule has 0 bridgehead atoms. The summed E-state index contributed by atoms with van der Waals surface area (Å²) in [4.78, 5) is 4.51. The lowest BCUT2D eigenvalue weighted by Gasteiger charge is -2.11. The zero-order valence-corrected chi connectivity index (χ0v) is 12.6. The molecule has 21 heavy (non-hydrogen) atoms. The van der Waals surface area contributed by atoms with Crippen LogP contribution in [0.1, 0.15) is 11.4 Å². The number of nitrogens with zero attached hydrogens (tertiary/aromatic N) is 3. The van der Waals surface area contributed by atoms with Gasteiger partial charge in [-0.2, -0.15) is 5.26 Å². The molecule has 0 atom stereocenters. The van der Waals surface area contributed by atoms with Gasteiger partial charge >= 0.3 is 0 Å². The predicted molar refractivity (Wildman–Crippen MR) is 84.6 cm³/mol. The summed E-state index contributed by atoms with van der Waals surface area (Å²) in [6.45, 7) is 0.496. The van der Waals surface area contributed by atoms with Crippen molar-refractivity contribution in [2.45, 2.75) is 13.0 Å². The zero-order valence-electron chi connectivity index (χ0n) is 11.1. The van der Waals surface area contributed by atoms with Crippen LogP contribution in [0.15, 0.2) is 42.5 Å². The molecule has 0 unspecified atom stereocenters. The van der Waals surface area contributed by atoms with Crippen molar-refractivity contribution in [3.05, 3.63) is 63.9 Å². The maximum Gasteiger partial charge on any atom is 0.124 e. The highest BCUT2D eigenvalue weighted by Crippen LogP contribution is 2.27. The number of nitriles is 1. The Bertz CT molecular complexity index is 826. The van der Waals surface area contributed by atoms with Crippen LogP contribution in [0.2, 0.25) is 10.0 Å². The Kier molecular flexibility index (Phi) is 3.83. The van der Waals surface area contributed by atoms with Crippen molar-refractivity contribution in [3.8, 4) is 6.07 Å². The molecule has 3 rings (SSSR count). The van der Waals surface area contributed by atoms with Crippen LogP contribution in [0.3, 0.4) is 0 Å². The fourth-order valence-corrected chi connectivity index (χ4v) is 2.87. The molecule has 2 aromatic carbocycles. The van der Waals surface area contributed by atoms with Gasteiger partial charge in [0.1, 0.15) is 5.82 Å². The van der Waals surface area contributed by atoms with Crippen molar-refractivity contribution < 1.29 is 0 Å². The number of aromatic nitrogens is 2. The van der Waals surface area contributed by atoms with Crippen molar-refractivity contribution in [1.29, 1.82) is 5.26 Å². The molecular formula is C16H11Cl2N3. The molecular weight excluding hydrogens is 305 g/mol. The zero-order chi connectivity index (χ0) is 14.8. The second-order valence-corrected chi connectivity index (χ2v) is 5.45. The standard InChI is InChI=1S/C16H11Cl2N3/c17-12-4-3-5-13(18)11(12)10-21-15-7-2-1-6-14(15)20-16(21)8-9-19/h1-7H,8,10H2. The lowest BCUT2D eigenvalue weighted by Crippen LogP contribution is -2.05. The fourth-order valence-electron chi connectivity index (χ4n) is 2.35.